The summed E-state index contributed by atoms with van der Waals surface area (Å²) in [5, 5.41) is 10.3. The molecular formula is C15H14BrFO. The Kier molecular flexibility index (Phi) is 3.83. The maximum atomic E-state index is 13.7. The van der Waals surface area contributed by atoms with Crippen LogP contribution in [0.2, 0.25) is 0 Å². The van der Waals surface area contributed by atoms with Crippen LogP contribution in [0, 0.1) is 19.7 Å². The Hall–Kier alpha value is -1.19. The molecule has 0 aromatic heterocycles. The topological polar surface area (TPSA) is 20.2 Å². The average molecular weight is 309 g/mol. The Morgan fingerprint density at radius 2 is 1.78 bits per heavy atom. The van der Waals surface area contributed by atoms with Crippen LogP contribution >= 0.6 is 15.9 Å². The lowest BCUT2D eigenvalue weighted by Crippen LogP contribution is -2.03. The highest BCUT2D eigenvalue weighted by molar-refractivity contribution is 9.10. The molecule has 0 aliphatic rings. The van der Waals surface area contributed by atoms with Crippen molar-refractivity contribution in [1.29, 1.82) is 0 Å². The third-order valence-corrected chi connectivity index (χ3v) is 3.28. The molecule has 1 nitrogen and oxygen atoms in total. The first-order valence-corrected chi connectivity index (χ1v) is 6.48. The minimum atomic E-state index is -0.943. The molecule has 0 saturated carbocycles. The Morgan fingerprint density at radius 1 is 1.06 bits per heavy atom. The Balaban J connectivity index is 2.47. The van der Waals surface area contributed by atoms with Crippen LogP contribution in [0.5, 0.6) is 0 Å². The zero-order valence-electron chi connectivity index (χ0n) is 10.2. The van der Waals surface area contributed by atoms with Crippen LogP contribution in [0.3, 0.4) is 0 Å². The lowest BCUT2D eigenvalue weighted by molar-refractivity contribution is 0.214. The molecule has 94 valence electrons. The first kappa shape index (κ1) is 13.2. The molecule has 0 bridgehead atoms. The molecule has 2 aromatic carbocycles. The van der Waals surface area contributed by atoms with Gasteiger partial charge in [0.1, 0.15) is 11.9 Å². The van der Waals surface area contributed by atoms with E-state index in [4.69, 9.17) is 0 Å². The smallest absolute Gasteiger partial charge is 0.129 e. The van der Waals surface area contributed by atoms with Gasteiger partial charge in [-0.2, -0.15) is 0 Å². The summed E-state index contributed by atoms with van der Waals surface area (Å²) in [7, 11) is 0. The molecule has 18 heavy (non-hydrogen) atoms. The lowest BCUT2D eigenvalue weighted by atomic mass is 9.98. The van der Waals surface area contributed by atoms with Gasteiger partial charge in [0.25, 0.3) is 0 Å². The Labute approximate surface area is 114 Å². The number of aliphatic hydroxyl groups is 1. The highest BCUT2D eigenvalue weighted by atomic mass is 79.9. The fraction of sp³-hybridized carbons (Fsp3) is 0.200. The van der Waals surface area contributed by atoms with Crippen molar-refractivity contribution >= 4 is 15.9 Å². The second kappa shape index (κ2) is 5.21. The highest BCUT2D eigenvalue weighted by Crippen LogP contribution is 2.28. The lowest BCUT2D eigenvalue weighted by Gasteiger charge is -2.14. The first-order valence-electron chi connectivity index (χ1n) is 5.68. The predicted molar refractivity (Wildman–Crippen MR) is 74.1 cm³/mol. The van der Waals surface area contributed by atoms with Crippen LogP contribution in [-0.4, -0.2) is 5.11 Å². The van der Waals surface area contributed by atoms with E-state index >= 15 is 0 Å². The largest absolute Gasteiger partial charge is 0.384 e. The second-order valence-electron chi connectivity index (χ2n) is 4.49. The van der Waals surface area contributed by atoms with Crippen LogP contribution in [-0.2, 0) is 0 Å². The highest BCUT2D eigenvalue weighted by Gasteiger charge is 2.15. The summed E-state index contributed by atoms with van der Waals surface area (Å²) in [6.07, 6.45) is -0.943. The summed E-state index contributed by atoms with van der Waals surface area (Å²) in [5.41, 5.74) is 2.95. The van der Waals surface area contributed by atoms with Crippen molar-refractivity contribution < 1.29 is 9.50 Å². The number of hydrogen-bond donors (Lipinski definition) is 1. The fourth-order valence-electron chi connectivity index (χ4n) is 1.97. The Bertz CT molecular complexity index is 560. The molecule has 1 unspecified atom stereocenters. The summed E-state index contributed by atoms with van der Waals surface area (Å²) in [6.45, 7) is 3.81. The van der Waals surface area contributed by atoms with Crippen molar-refractivity contribution in [3.8, 4) is 0 Å². The van der Waals surface area contributed by atoms with E-state index in [1.165, 1.54) is 6.07 Å². The monoisotopic (exact) mass is 308 g/mol. The van der Waals surface area contributed by atoms with Crippen LogP contribution in [0.15, 0.2) is 40.9 Å². The molecule has 0 saturated heterocycles. The van der Waals surface area contributed by atoms with Gasteiger partial charge in [-0.1, -0.05) is 39.7 Å². The molecule has 0 spiro atoms. The molecule has 2 rings (SSSR count). The number of halogens is 2. The van der Waals surface area contributed by atoms with E-state index in [0.29, 0.717) is 11.1 Å². The number of benzene rings is 2. The molecule has 0 aliphatic carbocycles. The van der Waals surface area contributed by atoms with Gasteiger partial charge in [0.15, 0.2) is 0 Å². The van der Waals surface area contributed by atoms with Gasteiger partial charge >= 0.3 is 0 Å². The van der Waals surface area contributed by atoms with Gasteiger partial charge in [-0.05, 0) is 43.2 Å². The van der Waals surface area contributed by atoms with Gasteiger partial charge in [-0.15, -0.1) is 0 Å². The summed E-state index contributed by atoms with van der Waals surface area (Å²) in [4.78, 5) is 0. The van der Waals surface area contributed by atoms with Crippen molar-refractivity contribution in [1.82, 2.24) is 0 Å². The van der Waals surface area contributed by atoms with Gasteiger partial charge in [0.2, 0.25) is 0 Å². The average Bonchev–Trinajstić information content (AvgIpc) is 2.30. The number of aryl methyl sites for hydroxylation is 2. The van der Waals surface area contributed by atoms with E-state index in [2.05, 4.69) is 15.9 Å². The molecular weight excluding hydrogens is 295 g/mol. The van der Waals surface area contributed by atoms with Crippen molar-refractivity contribution in [2.75, 3.05) is 0 Å². The van der Waals surface area contributed by atoms with Crippen LogP contribution < -0.4 is 0 Å². The summed E-state index contributed by atoms with van der Waals surface area (Å²) >= 11 is 3.38. The minimum Gasteiger partial charge on any atom is -0.384 e. The fourth-order valence-corrected chi connectivity index (χ4v) is 2.60. The van der Waals surface area contributed by atoms with Gasteiger partial charge in [-0.25, -0.2) is 4.39 Å². The van der Waals surface area contributed by atoms with E-state index < -0.39 is 6.10 Å². The van der Waals surface area contributed by atoms with E-state index in [1.54, 1.807) is 18.2 Å². The maximum absolute atomic E-state index is 13.7. The van der Waals surface area contributed by atoms with Crippen LogP contribution in [0.1, 0.15) is 28.4 Å². The molecule has 0 heterocycles. The predicted octanol–water partition coefficient (Wildman–Crippen LogP) is 4.29. The van der Waals surface area contributed by atoms with Crippen molar-refractivity contribution in [3.05, 3.63) is 68.9 Å². The van der Waals surface area contributed by atoms with E-state index in [-0.39, 0.29) is 5.82 Å². The van der Waals surface area contributed by atoms with Gasteiger partial charge < -0.3 is 5.11 Å². The van der Waals surface area contributed by atoms with Gasteiger partial charge in [0.05, 0.1) is 0 Å². The number of aliphatic hydroxyl groups excluding tert-OH is 1. The molecule has 0 radical (unpaired) electrons. The van der Waals surface area contributed by atoms with Crippen LogP contribution in [0.4, 0.5) is 4.39 Å². The summed E-state index contributed by atoms with van der Waals surface area (Å²) in [6, 6.07) is 10.4. The minimum absolute atomic E-state index is 0.313. The summed E-state index contributed by atoms with van der Waals surface area (Å²) < 4.78 is 14.6. The zero-order valence-corrected chi connectivity index (χ0v) is 11.8. The maximum Gasteiger partial charge on any atom is 0.129 e. The molecule has 0 aliphatic heterocycles. The SMILES string of the molecule is Cc1cc(Br)cc(C(O)c2cc(C)ccc2F)c1. The van der Waals surface area contributed by atoms with E-state index in [1.807, 2.05) is 26.0 Å². The van der Waals surface area contributed by atoms with Crippen molar-refractivity contribution in [3.63, 3.8) is 0 Å². The first-order chi connectivity index (χ1) is 8.47. The molecule has 1 atom stereocenters. The van der Waals surface area contributed by atoms with Crippen molar-refractivity contribution in [2.45, 2.75) is 20.0 Å². The Morgan fingerprint density at radius 3 is 2.44 bits per heavy atom. The third-order valence-electron chi connectivity index (χ3n) is 2.83. The number of rotatable bonds is 2. The quantitative estimate of drug-likeness (QED) is 0.877. The molecule has 0 fully saturated rings. The normalized spacial score (nSPS) is 12.5. The van der Waals surface area contributed by atoms with E-state index in [0.717, 1.165) is 15.6 Å². The third kappa shape index (κ3) is 2.79. The molecule has 3 heteroatoms. The van der Waals surface area contributed by atoms with E-state index in [9.17, 15) is 9.50 Å². The summed E-state index contributed by atoms with van der Waals surface area (Å²) in [5.74, 6) is -0.384. The van der Waals surface area contributed by atoms with Crippen LogP contribution in [0.25, 0.3) is 0 Å². The molecule has 1 N–H and O–H groups in total. The van der Waals surface area contributed by atoms with Crippen molar-refractivity contribution in [2.24, 2.45) is 0 Å². The number of hydrogen-bond acceptors (Lipinski definition) is 1. The molecule has 0 amide bonds. The van der Waals surface area contributed by atoms with Gasteiger partial charge in [-0.3, -0.25) is 0 Å². The zero-order chi connectivity index (χ0) is 13.3. The van der Waals surface area contributed by atoms with Gasteiger partial charge in [0, 0.05) is 10.0 Å². The second-order valence-corrected chi connectivity index (χ2v) is 5.41. The standard InChI is InChI=1S/C15H14BrFO/c1-9-3-4-14(17)13(7-9)15(18)11-5-10(2)6-12(16)8-11/h3-8,15,18H,1-2H3. The molecule has 2 aromatic rings.